The van der Waals surface area contributed by atoms with Crippen molar-refractivity contribution in [2.24, 2.45) is 29.1 Å². The molecule has 33 heavy (non-hydrogen) atoms. The SMILES string of the molecule is C=C1CC[C@H](OC=O)C/C1=C(/C=C1\CCC[C@]2(C)[C@@H]([C@H](C)CCCC(C)C)CC[C@@H]12)CC#N. The molecule has 3 nitrogen and oxygen atoms in total. The monoisotopic (exact) mass is 451 g/mol. The molecule has 182 valence electrons. The number of carbonyl (C=O) groups is 1. The molecule has 3 saturated carbocycles. The Balaban J connectivity index is 1.83. The van der Waals surface area contributed by atoms with E-state index in [4.69, 9.17) is 4.74 Å². The molecule has 3 heteroatoms. The van der Waals surface area contributed by atoms with Crippen LogP contribution >= 0.6 is 0 Å². The lowest BCUT2D eigenvalue weighted by atomic mass is 9.60. The summed E-state index contributed by atoms with van der Waals surface area (Å²) in [6.07, 6.45) is 15.5. The third-order valence-corrected chi connectivity index (χ3v) is 9.06. The molecule has 0 aliphatic heterocycles. The first-order valence-corrected chi connectivity index (χ1v) is 13.4. The molecule has 3 rings (SSSR count). The molecule has 3 aliphatic carbocycles. The van der Waals surface area contributed by atoms with Crippen LogP contribution in [0.5, 0.6) is 0 Å². The predicted molar refractivity (Wildman–Crippen MR) is 135 cm³/mol. The van der Waals surface area contributed by atoms with Crippen LogP contribution in [0.2, 0.25) is 0 Å². The van der Waals surface area contributed by atoms with E-state index in [1.54, 1.807) is 5.57 Å². The van der Waals surface area contributed by atoms with Crippen molar-refractivity contribution in [1.82, 2.24) is 0 Å². The van der Waals surface area contributed by atoms with Crippen molar-refractivity contribution < 1.29 is 9.53 Å². The van der Waals surface area contributed by atoms with Crippen LogP contribution in [0, 0.1) is 40.4 Å². The van der Waals surface area contributed by atoms with Crippen LogP contribution in [0.15, 0.2) is 34.9 Å². The van der Waals surface area contributed by atoms with E-state index in [9.17, 15) is 10.1 Å². The standard InChI is InChI=1S/C30H45NO2/c1-21(2)8-6-9-23(4)28-13-14-29-25(10-7-16-30(28,29)5)18-24(15-17-31)27-19-26(33-20-32)12-11-22(27)3/h18,20-21,23,26,28-29H,3,6-16,19H2,1-2,4-5H3/b25-18+,27-24-/t23-,26+,28-,29+,30-/m1/s1. The second-order valence-electron chi connectivity index (χ2n) is 11.7. The van der Waals surface area contributed by atoms with Gasteiger partial charge in [0.15, 0.2) is 0 Å². The number of nitriles is 1. The summed E-state index contributed by atoms with van der Waals surface area (Å²) in [6.45, 7) is 14.6. The van der Waals surface area contributed by atoms with Crippen LogP contribution < -0.4 is 0 Å². The highest BCUT2D eigenvalue weighted by Crippen LogP contribution is 2.60. The molecular formula is C30H45NO2. The number of ether oxygens (including phenoxy) is 1. The summed E-state index contributed by atoms with van der Waals surface area (Å²) in [6, 6.07) is 2.40. The molecule has 0 aromatic heterocycles. The van der Waals surface area contributed by atoms with Crippen molar-refractivity contribution in [1.29, 1.82) is 5.26 Å². The summed E-state index contributed by atoms with van der Waals surface area (Å²) in [7, 11) is 0. The molecule has 3 fully saturated rings. The first-order valence-electron chi connectivity index (χ1n) is 13.4. The van der Waals surface area contributed by atoms with Crippen molar-refractivity contribution in [2.45, 2.75) is 111 Å². The maximum absolute atomic E-state index is 10.9. The molecule has 0 radical (unpaired) electrons. The Hall–Kier alpha value is -1.82. The van der Waals surface area contributed by atoms with E-state index >= 15 is 0 Å². The smallest absolute Gasteiger partial charge is 0.293 e. The van der Waals surface area contributed by atoms with Gasteiger partial charge in [-0.2, -0.15) is 5.26 Å². The summed E-state index contributed by atoms with van der Waals surface area (Å²) >= 11 is 0. The van der Waals surface area contributed by atoms with Crippen LogP contribution in [0.4, 0.5) is 0 Å². The average Bonchev–Trinajstić information content (AvgIpc) is 3.12. The maximum Gasteiger partial charge on any atom is 0.293 e. The van der Waals surface area contributed by atoms with Gasteiger partial charge in [-0.25, -0.2) is 0 Å². The third kappa shape index (κ3) is 6.00. The lowest BCUT2D eigenvalue weighted by Crippen LogP contribution is -2.36. The van der Waals surface area contributed by atoms with Gasteiger partial charge in [-0.15, -0.1) is 0 Å². The predicted octanol–water partition coefficient (Wildman–Crippen LogP) is 8.08. The molecule has 0 heterocycles. The number of fused-ring (bicyclic) bond motifs is 1. The molecule has 5 atom stereocenters. The van der Waals surface area contributed by atoms with Gasteiger partial charge in [0.1, 0.15) is 6.10 Å². The fourth-order valence-corrected chi connectivity index (χ4v) is 7.30. The van der Waals surface area contributed by atoms with Crippen LogP contribution in [-0.4, -0.2) is 12.6 Å². The number of nitrogens with zero attached hydrogens (tertiary/aromatic N) is 1. The Bertz CT molecular complexity index is 814. The first-order chi connectivity index (χ1) is 15.8. The third-order valence-electron chi connectivity index (χ3n) is 9.06. The highest BCUT2D eigenvalue weighted by Gasteiger charge is 2.50. The van der Waals surface area contributed by atoms with Gasteiger partial charge >= 0.3 is 0 Å². The highest BCUT2D eigenvalue weighted by atomic mass is 16.5. The Morgan fingerprint density at radius 1 is 1.24 bits per heavy atom. The maximum atomic E-state index is 10.9. The minimum atomic E-state index is -0.0886. The van der Waals surface area contributed by atoms with Crippen LogP contribution in [0.25, 0.3) is 0 Å². The number of allylic oxidation sites excluding steroid dienone is 4. The molecule has 0 bridgehead atoms. The number of hydrogen-bond acceptors (Lipinski definition) is 3. The number of rotatable bonds is 9. The zero-order valence-electron chi connectivity index (χ0n) is 21.5. The van der Waals surface area contributed by atoms with Gasteiger partial charge in [0.2, 0.25) is 0 Å². The average molecular weight is 452 g/mol. The largest absolute Gasteiger partial charge is 0.464 e. The Morgan fingerprint density at radius 2 is 2.03 bits per heavy atom. The van der Waals surface area contributed by atoms with Gasteiger partial charge in [0.05, 0.1) is 12.5 Å². The summed E-state index contributed by atoms with van der Waals surface area (Å²) in [5.74, 6) is 3.03. The summed E-state index contributed by atoms with van der Waals surface area (Å²) in [5.41, 5.74) is 5.34. The minimum absolute atomic E-state index is 0.0886. The van der Waals surface area contributed by atoms with Gasteiger partial charge in [0, 0.05) is 6.42 Å². The molecule has 0 aromatic rings. The van der Waals surface area contributed by atoms with E-state index in [0.717, 1.165) is 53.7 Å². The molecule has 0 N–H and O–H groups in total. The zero-order chi connectivity index (χ0) is 24.0. The molecular weight excluding hydrogens is 406 g/mol. The lowest BCUT2D eigenvalue weighted by Gasteiger charge is -2.44. The van der Waals surface area contributed by atoms with Crippen LogP contribution in [0.3, 0.4) is 0 Å². The van der Waals surface area contributed by atoms with Gasteiger partial charge in [-0.05, 0) is 85.2 Å². The fraction of sp³-hybridized carbons (Fsp3) is 0.733. The van der Waals surface area contributed by atoms with Gasteiger partial charge in [-0.3, -0.25) is 4.79 Å². The Morgan fingerprint density at radius 3 is 2.73 bits per heavy atom. The van der Waals surface area contributed by atoms with Crippen molar-refractivity contribution in [3.05, 3.63) is 34.9 Å². The highest BCUT2D eigenvalue weighted by molar-refractivity contribution is 5.45. The van der Waals surface area contributed by atoms with E-state index < -0.39 is 0 Å². The van der Waals surface area contributed by atoms with E-state index in [0.29, 0.717) is 30.6 Å². The molecule has 3 aliphatic rings. The lowest BCUT2D eigenvalue weighted by molar-refractivity contribution is -0.133. The van der Waals surface area contributed by atoms with E-state index in [2.05, 4.69) is 46.4 Å². The Labute approximate surface area is 202 Å². The molecule has 0 amide bonds. The number of hydrogen-bond donors (Lipinski definition) is 0. The van der Waals surface area contributed by atoms with E-state index in [1.807, 2.05) is 0 Å². The van der Waals surface area contributed by atoms with Crippen molar-refractivity contribution >= 4 is 6.47 Å². The molecule has 0 spiro atoms. The number of carbonyl (C=O) groups excluding carboxylic acids is 1. The quantitative estimate of drug-likeness (QED) is 0.333. The summed E-state index contributed by atoms with van der Waals surface area (Å²) in [5, 5.41) is 9.60. The minimum Gasteiger partial charge on any atom is -0.464 e. The van der Waals surface area contributed by atoms with Gasteiger partial charge < -0.3 is 4.74 Å². The van der Waals surface area contributed by atoms with Gasteiger partial charge in [-0.1, -0.05) is 70.8 Å². The summed E-state index contributed by atoms with van der Waals surface area (Å²) in [4.78, 5) is 10.9. The fourth-order valence-electron chi connectivity index (χ4n) is 7.30. The van der Waals surface area contributed by atoms with Crippen LogP contribution in [-0.2, 0) is 9.53 Å². The topological polar surface area (TPSA) is 50.1 Å². The normalized spacial score (nSPS) is 33.5. The second-order valence-corrected chi connectivity index (χ2v) is 11.7. The summed E-state index contributed by atoms with van der Waals surface area (Å²) < 4.78 is 5.29. The molecule has 0 saturated heterocycles. The van der Waals surface area contributed by atoms with E-state index in [1.165, 1.54) is 44.9 Å². The Kier molecular flexibility index (Phi) is 9.02. The van der Waals surface area contributed by atoms with Crippen LogP contribution in [0.1, 0.15) is 105 Å². The molecule has 0 unspecified atom stereocenters. The van der Waals surface area contributed by atoms with Crippen molar-refractivity contribution in [2.75, 3.05) is 0 Å². The van der Waals surface area contributed by atoms with Crippen molar-refractivity contribution in [3.8, 4) is 6.07 Å². The zero-order valence-corrected chi connectivity index (χ0v) is 21.5. The molecule has 0 aromatic carbocycles. The van der Waals surface area contributed by atoms with E-state index in [-0.39, 0.29) is 6.10 Å². The van der Waals surface area contributed by atoms with Crippen molar-refractivity contribution in [3.63, 3.8) is 0 Å². The first kappa shape index (κ1) is 25.8. The second kappa shape index (κ2) is 11.5. The van der Waals surface area contributed by atoms with Gasteiger partial charge in [0.25, 0.3) is 6.47 Å².